The van der Waals surface area contributed by atoms with Gasteiger partial charge < -0.3 is 9.64 Å². The maximum atomic E-state index is 12.0. The van der Waals surface area contributed by atoms with Crippen molar-refractivity contribution in [2.45, 2.75) is 24.8 Å². The Balaban J connectivity index is 2.08. The average Bonchev–Trinajstić information content (AvgIpc) is 3.27. The Morgan fingerprint density at radius 1 is 1.45 bits per heavy atom. The molecule has 1 aromatic carbocycles. The van der Waals surface area contributed by atoms with E-state index in [1.807, 2.05) is 26.2 Å². The summed E-state index contributed by atoms with van der Waals surface area (Å²) in [5.74, 6) is 0.465. The van der Waals surface area contributed by atoms with Gasteiger partial charge in [-0.15, -0.1) is 0 Å². The second kappa shape index (κ2) is 6.86. The highest BCUT2D eigenvalue weighted by molar-refractivity contribution is 5.77. The van der Waals surface area contributed by atoms with E-state index >= 15 is 0 Å². The van der Waals surface area contributed by atoms with Crippen molar-refractivity contribution in [3.8, 4) is 0 Å². The zero-order valence-corrected chi connectivity index (χ0v) is 12.6. The molecule has 0 amide bonds. The van der Waals surface area contributed by atoms with E-state index in [0.29, 0.717) is 5.92 Å². The van der Waals surface area contributed by atoms with Crippen LogP contribution < -0.4 is 5.32 Å². The van der Waals surface area contributed by atoms with Gasteiger partial charge in [-0.1, -0.05) is 24.3 Å². The maximum Gasteiger partial charge on any atom is 0.327 e. The van der Waals surface area contributed by atoms with E-state index in [2.05, 4.69) is 22.3 Å². The lowest BCUT2D eigenvalue weighted by atomic mass is 10.0. The van der Waals surface area contributed by atoms with E-state index < -0.39 is 0 Å². The van der Waals surface area contributed by atoms with Gasteiger partial charge in [0.05, 0.1) is 7.11 Å². The summed E-state index contributed by atoms with van der Waals surface area (Å²) in [7, 11) is 5.47. The molecule has 0 bridgehead atoms. The number of ether oxygens (including phenoxy) is 1. The number of hydrogen-bond donors (Lipinski definition) is 1. The summed E-state index contributed by atoms with van der Waals surface area (Å²) in [4.78, 5) is 14.1. The second-order valence-corrected chi connectivity index (χ2v) is 5.66. The number of esters is 1. The lowest BCUT2D eigenvalue weighted by Gasteiger charge is -2.19. The molecule has 20 heavy (non-hydrogen) atoms. The summed E-state index contributed by atoms with van der Waals surface area (Å²) in [6, 6.07) is 7.94. The molecule has 4 nitrogen and oxygen atoms in total. The Bertz CT molecular complexity index is 456. The monoisotopic (exact) mass is 276 g/mol. The first kappa shape index (κ1) is 15.0. The summed E-state index contributed by atoms with van der Waals surface area (Å²) in [5, 5.41) is 3.29. The van der Waals surface area contributed by atoms with Crippen LogP contribution in [0.2, 0.25) is 0 Å². The largest absolute Gasteiger partial charge is 0.468 e. The molecule has 1 N–H and O–H groups in total. The summed E-state index contributed by atoms with van der Waals surface area (Å²) in [6.07, 6.45) is 2.53. The molecule has 1 aliphatic rings. The molecule has 0 aliphatic heterocycles. The number of methoxy groups -OCH3 is 1. The van der Waals surface area contributed by atoms with E-state index in [0.717, 1.165) is 18.7 Å². The van der Waals surface area contributed by atoms with Crippen LogP contribution in [-0.2, 0) is 9.53 Å². The van der Waals surface area contributed by atoms with Crippen LogP contribution in [0, 0.1) is 0 Å². The molecule has 2 rings (SSSR count). The summed E-state index contributed by atoms with van der Waals surface area (Å²) in [6.45, 7) is 1.64. The molecule has 1 unspecified atom stereocenters. The smallest absolute Gasteiger partial charge is 0.327 e. The Hall–Kier alpha value is -1.39. The van der Waals surface area contributed by atoms with Gasteiger partial charge in [0.1, 0.15) is 6.04 Å². The summed E-state index contributed by atoms with van der Waals surface area (Å²) in [5.41, 5.74) is 2.34. The number of rotatable bonds is 7. The third kappa shape index (κ3) is 4.05. The lowest BCUT2D eigenvalue weighted by Crippen LogP contribution is -2.34. The van der Waals surface area contributed by atoms with Gasteiger partial charge >= 0.3 is 5.97 Å². The van der Waals surface area contributed by atoms with Crippen molar-refractivity contribution in [3.63, 3.8) is 0 Å². The first-order chi connectivity index (χ1) is 9.61. The fourth-order valence-corrected chi connectivity index (χ4v) is 2.30. The van der Waals surface area contributed by atoms with Crippen molar-refractivity contribution < 1.29 is 9.53 Å². The van der Waals surface area contributed by atoms with Gasteiger partial charge in [0.25, 0.3) is 0 Å². The first-order valence-corrected chi connectivity index (χ1v) is 7.17. The van der Waals surface area contributed by atoms with Crippen LogP contribution in [0.15, 0.2) is 24.3 Å². The van der Waals surface area contributed by atoms with Crippen LogP contribution in [0.5, 0.6) is 0 Å². The number of nitrogens with one attached hydrogen (secondary N) is 1. The van der Waals surface area contributed by atoms with Crippen LogP contribution in [0.1, 0.15) is 35.9 Å². The standard InChI is InChI=1S/C16H24N2O2/c1-18(2)10-9-17-15(16(19)20-3)14-6-4-5-13(11-14)12-7-8-12/h4-6,11-12,15,17H,7-10H2,1-3H3. The zero-order valence-electron chi connectivity index (χ0n) is 12.6. The number of hydrogen-bond acceptors (Lipinski definition) is 4. The van der Waals surface area contributed by atoms with Crippen LogP contribution in [-0.4, -0.2) is 45.2 Å². The highest BCUT2D eigenvalue weighted by atomic mass is 16.5. The molecule has 1 aromatic rings. The third-order valence-corrected chi connectivity index (χ3v) is 3.64. The molecular formula is C16H24N2O2. The van der Waals surface area contributed by atoms with Crippen molar-refractivity contribution in [3.05, 3.63) is 35.4 Å². The molecule has 1 saturated carbocycles. The highest BCUT2D eigenvalue weighted by Crippen LogP contribution is 2.40. The van der Waals surface area contributed by atoms with Crippen molar-refractivity contribution in [1.82, 2.24) is 10.2 Å². The van der Waals surface area contributed by atoms with E-state index in [9.17, 15) is 4.79 Å². The predicted molar refractivity (Wildman–Crippen MR) is 79.7 cm³/mol. The normalized spacial score (nSPS) is 16.2. The SMILES string of the molecule is COC(=O)C(NCCN(C)C)c1cccc(C2CC2)c1. The fraction of sp³-hybridized carbons (Fsp3) is 0.562. The molecule has 0 radical (unpaired) electrons. The number of carbonyl (C=O) groups is 1. The minimum atomic E-state index is -0.376. The van der Waals surface area contributed by atoms with Crippen molar-refractivity contribution in [2.75, 3.05) is 34.3 Å². The van der Waals surface area contributed by atoms with E-state index in [-0.39, 0.29) is 12.0 Å². The van der Waals surface area contributed by atoms with Crippen molar-refractivity contribution in [2.24, 2.45) is 0 Å². The molecular weight excluding hydrogens is 252 g/mol. The number of nitrogens with zero attached hydrogens (tertiary/aromatic N) is 1. The van der Waals surface area contributed by atoms with E-state index in [1.165, 1.54) is 25.5 Å². The second-order valence-electron chi connectivity index (χ2n) is 5.66. The Kier molecular flexibility index (Phi) is 5.15. The average molecular weight is 276 g/mol. The topological polar surface area (TPSA) is 41.6 Å². The number of benzene rings is 1. The fourth-order valence-electron chi connectivity index (χ4n) is 2.30. The third-order valence-electron chi connectivity index (χ3n) is 3.64. The van der Waals surface area contributed by atoms with Crippen LogP contribution in [0.25, 0.3) is 0 Å². The molecule has 0 saturated heterocycles. The van der Waals surface area contributed by atoms with Gasteiger partial charge in [-0.05, 0) is 44.0 Å². The molecule has 0 spiro atoms. The van der Waals surface area contributed by atoms with Gasteiger partial charge in [-0.25, -0.2) is 4.79 Å². The molecule has 1 aliphatic carbocycles. The maximum absolute atomic E-state index is 12.0. The van der Waals surface area contributed by atoms with Gasteiger partial charge in [0.15, 0.2) is 0 Å². The van der Waals surface area contributed by atoms with Gasteiger partial charge in [-0.2, -0.15) is 0 Å². The van der Waals surface area contributed by atoms with Gasteiger partial charge in [0, 0.05) is 13.1 Å². The van der Waals surface area contributed by atoms with Crippen molar-refractivity contribution in [1.29, 1.82) is 0 Å². The minimum Gasteiger partial charge on any atom is -0.468 e. The van der Waals surface area contributed by atoms with E-state index in [1.54, 1.807) is 0 Å². The quantitative estimate of drug-likeness (QED) is 0.773. The van der Waals surface area contributed by atoms with Gasteiger partial charge in [0.2, 0.25) is 0 Å². The minimum absolute atomic E-state index is 0.225. The number of carbonyl (C=O) groups excluding carboxylic acids is 1. The predicted octanol–water partition coefficient (Wildman–Crippen LogP) is 1.93. The number of likely N-dealkylation sites (N-methyl/N-ethyl adjacent to an activating group) is 1. The van der Waals surface area contributed by atoms with Crippen LogP contribution in [0.3, 0.4) is 0 Å². The molecule has 1 atom stereocenters. The lowest BCUT2D eigenvalue weighted by molar-refractivity contribution is -0.143. The van der Waals surface area contributed by atoms with Crippen LogP contribution in [0.4, 0.5) is 0 Å². The molecule has 4 heteroatoms. The van der Waals surface area contributed by atoms with E-state index in [4.69, 9.17) is 4.74 Å². The molecule has 0 aromatic heterocycles. The molecule has 0 heterocycles. The first-order valence-electron chi connectivity index (χ1n) is 7.17. The Morgan fingerprint density at radius 2 is 2.20 bits per heavy atom. The summed E-state index contributed by atoms with van der Waals surface area (Å²) >= 11 is 0. The molecule has 1 fully saturated rings. The zero-order chi connectivity index (χ0) is 14.5. The highest BCUT2D eigenvalue weighted by Gasteiger charge is 2.26. The van der Waals surface area contributed by atoms with Gasteiger partial charge in [-0.3, -0.25) is 5.32 Å². The molecule has 110 valence electrons. The Labute approximate surface area is 121 Å². The Morgan fingerprint density at radius 3 is 2.80 bits per heavy atom. The summed E-state index contributed by atoms with van der Waals surface area (Å²) < 4.78 is 4.93. The van der Waals surface area contributed by atoms with Crippen molar-refractivity contribution >= 4 is 5.97 Å². The van der Waals surface area contributed by atoms with Crippen LogP contribution >= 0.6 is 0 Å².